The predicted octanol–water partition coefficient (Wildman–Crippen LogP) is 1.42. The monoisotopic (exact) mass is 125 g/mol. The SMILES string of the molecule is CCC[CH]c1conn1. The highest BCUT2D eigenvalue weighted by atomic mass is 16.5. The first-order valence-corrected chi connectivity index (χ1v) is 3.03. The number of hydrogen-bond donors (Lipinski definition) is 0. The van der Waals surface area contributed by atoms with Gasteiger partial charge in [0.2, 0.25) is 0 Å². The van der Waals surface area contributed by atoms with Crippen LogP contribution in [0.25, 0.3) is 0 Å². The Labute approximate surface area is 54.0 Å². The lowest BCUT2D eigenvalue weighted by Crippen LogP contribution is -1.79. The smallest absolute Gasteiger partial charge is 0.147 e. The molecule has 0 aliphatic rings. The van der Waals surface area contributed by atoms with Crippen molar-refractivity contribution in [2.45, 2.75) is 19.8 Å². The fourth-order valence-electron chi connectivity index (χ4n) is 0.553. The van der Waals surface area contributed by atoms with Gasteiger partial charge >= 0.3 is 0 Å². The number of hydrogen-bond acceptors (Lipinski definition) is 3. The normalized spacial score (nSPS) is 9.89. The molecule has 0 bridgehead atoms. The van der Waals surface area contributed by atoms with Crippen molar-refractivity contribution in [1.29, 1.82) is 0 Å². The van der Waals surface area contributed by atoms with E-state index in [0.29, 0.717) is 0 Å². The number of rotatable bonds is 3. The highest BCUT2D eigenvalue weighted by Gasteiger charge is 1.94. The molecule has 1 rings (SSSR count). The molecule has 0 amide bonds. The van der Waals surface area contributed by atoms with Crippen molar-refractivity contribution < 1.29 is 4.52 Å². The molecule has 0 fully saturated rings. The minimum atomic E-state index is 0.830. The summed E-state index contributed by atoms with van der Waals surface area (Å²) in [5.41, 5.74) is 0.830. The summed E-state index contributed by atoms with van der Waals surface area (Å²) in [7, 11) is 0. The van der Waals surface area contributed by atoms with Crippen LogP contribution >= 0.6 is 0 Å². The number of aromatic nitrogens is 2. The van der Waals surface area contributed by atoms with E-state index in [1.165, 1.54) is 6.26 Å². The van der Waals surface area contributed by atoms with Gasteiger partial charge in [-0.25, -0.2) is 0 Å². The van der Waals surface area contributed by atoms with Gasteiger partial charge in [0.15, 0.2) is 0 Å². The fraction of sp³-hybridized carbons (Fsp3) is 0.500. The van der Waals surface area contributed by atoms with Crippen LogP contribution in [0.3, 0.4) is 0 Å². The molecule has 1 heterocycles. The third-order valence-electron chi connectivity index (χ3n) is 1.02. The Bertz CT molecular complexity index is 148. The summed E-state index contributed by atoms with van der Waals surface area (Å²) < 4.78 is 4.52. The molecule has 1 radical (unpaired) electrons. The summed E-state index contributed by atoms with van der Waals surface area (Å²) in [5, 5.41) is 7.00. The lowest BCUT2D eigenvalue weighted by Gasteiger charge is -1.86. The average Bonchev–Trinajstić information content (AvgIpc) is 2.34. The highest BCUT2D eigenvalue weighted by molar-refractivity contribution is 5.02. The molecule has 9 heavy (non-hydrogen) atoms. The Morgan fingerprint density at radius 1 is 1.78 bits per heavy atom. The van der Waals surface area contributed by atoms with Crippen LogP contribution in [0.1, 0.15) is 25.5 Å². The highest BCUT2D eigenvalue weighted by Crippen LogP contribution is 2.01. The standard InChI is InChI=1S/C6H9N2O/c1-2-3-4-6-5-9-8-7-6/h4-5H,2-3H2,1H3. The van der Waals surface area contributed by atoms with Crippen LogP contribution in [0.15, 0.2) is 10.8 Å². The van der Waals surface area contributed by atoms with Gasteiger partial charge in [-0.2, -0.15) is 0 Å². The molecule has 3 nitrogen and oxygen atoms in total. The summed E-state index contributed by atoms with van der Waals surface area (Å²) in [6.07, 6.45) is 5.70. The van der Waals surface area contributed by atoms with E-state index >= 15 is 0 Å². The maximum absolute atomic E-state index is 4.52. The van der Waals surface area contributed by atoms with Crippen LogP contribution in [0, 0.1) is 6.42 Å². The first-order chi connectivity index (χ1) is 4.43. The third-order valence-corrected chi connectivity index (χ3v) is 1.02. The summed E-state index contributed by atoms with van der Waals surface area (Å²) in [5.74, 6) is 0. The molecule has 1 aromatic rings. The van der Waals surface area contributed by atoms with Crippen LogP contribution in [-0.4, -0.2) is 10.4 Å². The van der Waals surface area contributed by atoms with Crippen molar-refractivity contribution in [3.05, 3.63) is 18.4 Å². The number of unbranched alkanes of at least 4 members (excludes halogenated alkanes) is 1. The lowest BCUT2D eigenvalue weighted by atomic mass is 10.2. The van der Waals surface area contributed by atoms with Gasteiger partial charge in [0.25, 0.3) is 0 Å². The quantitative estimate of drug-likeness (QED) is 0.613. The molecule has 0 aromatic carbocycles. The zero-order valence-corrected chi connectivity index (χ0v) is 5.37. The Kier molecular flexibility index (Phi) is 2.24. The minimum Gasteiger partial charge on any atom is -0.345 e. The second-order valence-electron chi connectivity index (χ2n) is 1.82. The average molecular weight is 125 g/mol. The zero-order valence-electron chi connectivity index (χ0n) is 5.37. The van der Waals surface area contributed by atoms with Crippen molar-refractivity contribution in [1.82, 2.24) is 10.4 Å². The fourth-order valence-corrected chi connectivity index (χ4v) is 0.553. The first-order valence-electron chi connectivity index (χ1n) is 3.03. The van der Waals surface area contributed by atoms with E-state index in [-0.39, 0.29) is 0 Å². The van der Waals surface area contributed by atoms with Gasteiger partial charge in [0.1, 0.15) is 12.0 Å². The van der Waals surface area contributed by atoms with E-state index < -0.39 is 0 Å². The van der Waals surface area contributed by atoms with Crippen molar-refractivity contribution in [3.63, 3.8) is 0 Å². The Morgan fingerprint density at radius 3 is 3.22 bits per heavy atom. The molecule has 3 heteroatoms. The molecule has 0 spiro atoms. The third kappa shape index (κ3) is 1.83. The van der Waals surface area contributed by atoms with Crippen LogP contribution in [0.4, 0.5) is 0 Å². The molecule has 0 aliphatic heterocycles. The topological polar surface area (TPSA) is 38.9 Å². The van der Waals surface area contributed by atoms with E-state index in [2.05, 4.69) is 21.8 Å². The van der Waals surface area contributed by atoms with Crippen molar-refractivity contribution in [2.24, 2.45) is 0 Å². The van der Waals surface area contributed by atoms with Crippen LogP contribution in [-0.2, 0) is 0 Å². The van der Waals surface area contributed by atoms with E-state index in [1.807, 2.05) is 6.42 Å². The molecule has 1 aromatic heterocycles. The second-order valence-corrected chi connectivity index (χ2v) is 1.82. The van der Waals surface area contributed by atoms with E-state index in [0.717, 1.165) is 18.5 Å². The zero-order chi connectivity index (χ0) is 6.53. The van der Waals surface area contributed by atoms with Crippen molar-refractivity contribution >= 4 is 0 Å². The minimum absolute atomic E-state index is 0.830. The molecule has 0 aliphatic carbocycles. The maximum atomic E-state index is 4.52. The maximum Gasteiger partial charge on any atom is 0.147 e. The van der Waals surface area contributed by atoms with Crippen molar-refractivity contribution in [2.75, 3.05) is 0 Å². The Balaban J connectivity index is 2.30. The van der Waals surface area contributed by atoms with Gasteiger partial charge in [-0.1, -0.05) is 13.3 Å². The van der Waals surface area contributed by atoms with Crippen LogP contribution < -0.4 is 0 Å². The summed E-state index contributed by atoms with van der Waals surface area (Å²) >= 11 is 0. The summed E-state index contributed by atoms with van der Waals surface area (Å²) in [6.45, 7) is 2.12. The largest absolute Gasteiger partial charge is 0.345 e. The molecule has 0 saturated heterocycles. The van der Waals surface area contributed by atoms with Gasteiger partial charge in [-0.15, -0.1) is 5.10 Å². The van der Waals surface area contributed by atoms with E-state index in [4.69, 9.17) is 0 Å². The molecular weight excluding hydrogens is 116 g/mol. The second kappa shape index (κ2) is 3.22. The molecule has 0 unspecified atom stereocenters. The van der Waals surface area contributed by atoms with Crippen molar-refractivity contribution in [3.8, 4) is 0 Å². The van der Waals surface area contributed by atoms with E-state index in [1.54, 1.807) is 0 Å². The van der Waals surface area contributed by atoms with Crippen LogP contribution in [0.2, 0.25) is 0 Å². The summed E-state index contributed by atoms with van der Waals surface area (Å²) in [4.78, 5) is 0. The molecule has 0 atom stereocenters. The summed E-state index contributed by atoms with van der Waals surface area (Å²) in [6, 6.07) is 0. The molecule has 0 saturated carbocycles. The van der Waals surface area contributed by atoms with Gasteiger partial charge < -0.3 is 4.52 Å². The van der Waals surface area contributed by atoms with E-state index in [9.17, 15) is 0 Å². The predicted molar refractivity (Wildman–Crippen MR) is 32.6 cm³/mol. The van der Waals surface area contributed by atoms with Gasteiger partial charge in [-0.05, 0) is 6.42 Å². The lowest BCUT2D eigenvalue weighted by molar-refractivity contribution is 0.393. The van der Waals surface area contributed by atoms with Gasteiger partial charge in [0, 0.05) is 11.7 Å². The Hall–Kier alpha value is -0.860. The molecule has 0 N–H and O–H groups in total. The molecular formula is C6H9N2O. The first kappa shape index (κ1) is 6.26. The Morgan fingerprint density at radius 2 is 2.67 bits per heavy atom. The molecule has 49 valence electrons. The van der Waals surface area contributed by atoms with Gasteiger partial charge in [-0.3, -0.25) is 0 Å². The van der Waals surface area contributed by atoms with Crippen LogP contribution in [0.5, 0.6) is 0 Å². The number of nitrogens with zero attached hydrogens (tertiary/aromatic N) is 2. The van der Waals surface area contributed by atoms with Gasteiger partial charge in [0.05, 0.1) is 0 Å².